The van der Waals surface area contributed by atoms with Gasteiger partial charge < -0.3 is 9.94 Å². The third-order valence-electron chi connectivity index (χ3n) is 4.12. The molecule has 2 atom stereocenters. The number of thioether (sulfide) groups is 1. The monoisotopic (exact) mass is 371 g/mol. The fourth-order valence-electron chi connectivity index (χ4n) is 2.45. The Morgan fingerprint density at radius 3 is 2.54 bits per heavy atom. The van der Waals surface area contributed by atoms with E-state index in [2.05, 4.69) is 12.1 Å². The lowest BCUT2D eigenvalue weighted by Gasteiger charge is -2.24. The van der Waals surface area contributed by atoms with E-state index in [-0.39, 0.29) is 6.42 Å². The molecule has 0 saturated heterocycles. The van der Waals surface area contributed by atoms with E-state index in [0.29, 0.717) is 12.1 Å². The number of sulfone groups is 1. The largest absolute Gasteiger partial charge is 0.480 e. The molecule has 0 spiro atoms. The minimum atomic E-state index is -3.78. The lowest BCUT2D eigenvalue weighted by molar-refractivity contribution is -0.140. The van der Waals surface area contributed by atoms with Crippen LogP contribution >= 0.6 is 11.8 Å². The van der Waals surface area contributed by atoms with Gasteiger partial charge in [0.25, 0.3) is 0 Å². The minimum Gasteiger partial charge on any atom is -0.480 e. The third kappa shape index (κ3) is 3.92. The maximum Gasteiger partial charge on any atom is 0.324 e. The lowest BCUT2D eigenvalue weighted by Crippen LogP contribution is -2.45. The van der Waals surface area contributed by atoms with Crippen LogP contribution in [-0.2, 0) is 19.5 Å². The molecule has 1 heterocycles. The van der Waals surface area contributed by atoms with E-state index < -0.39 is 26.7 Å². The highest BCUT2D eigenvalue weighted by atomic mass is 32.2. The third-order valence-corrected chi connectivity index (χ3v) is 6.99. The van der Waals surface area contributed by atoms with Gasteiger partial charge in [0.1, 0.15) is 6.10 Å². The molecular weight excluding hydrogens is 350 g/mol. The summed E-state index contributed by atoms with van der Waals surface area (Å²) in [4.78, 5) is 17.9. The van der Waals surface area contributed by atoms with Crippen LogP contribution in [0.5, 0.6) is 0 Å². The Labute approximate surface area is 146 Å². The summed E-state index contributed by atoms with van der Waals surface area (Å²) in [6, 6.07) is 7.87. The van der Waals surface area contributed by atoms with Gasteiger partial charge in [0.2, 0.25) is 0 Å². The molecule has 2 rings (SSSR count). The van der Waals surface area contributed by atoms with Crippen LogP contribution in [0, 0.1) is 0 Å². The molecule has 1 aromatic rings. The van der Waals surface area contributed by atoms with Crippen molar-refractivity contribution in [2.45, 2.75) is 42.4 Å². The maximum atomic E-state index is 11.9. The summed E-state index contributed by atoms with van der Waals surface area (Å²) in [5.41, 5.74) is 1.60. The van der Waals surface area contributed by atoms with E-state index in [1.807, 2.05) is 24.3 Å². The summed E-state index contributed by atoms with van der Waals surface area (Å²) in [6.07, 6.45) is 0.610. The summed E-state index contributed by atoms with van der Waals surface area (Å²) in [5, 5.41) is 13.3. The first kappa shape index (κ1) is 18.8. The Bertz CT molecular complexity index is 742. The molecule has 132 valence electrons. The van der Waals surface area contributed by atoms with Crippen molar-refractivity contribution in [3.05, 3.63) is 29.8 Å². The molecule has 1 aliphatic heterocycles. The Balaban J connectivity index is 2.08. The Kier molecular flexibility index (Phi) is 5.59. The van der Waals surface area contributed by atoms with Crippen molar-refractivity contribution in [2.24, 2.45) is 5.16 Å². The second-order valence-electron chi connectivity index (χ2n) is 5.94. The van der Waals surface area contributed by atoms with E-state index in [1.165, 1.54) is 6.92 Å². The molecule has 6 nitrogen and oxygen atoms in total. The van der Waals surface area contributed by atoms with Gasteiger partial charge in [-0.1, -0.05) is 24.2 Å². The molecule has 1 aromatic carbocycles. The topological polar surface area (TPSA) is 93.0 Å². The Hall–Kier alpha value is -1.54. The molecule has 0 unspecified atom stereocenters. The second kappa shape index (κ2) is 7.14. The molecular formula is C16H21NO5S2. The molecule has 0 amide bonds. The van der Waals surface area contributed by atoms with Gasteiger partial charge in [-0.05, 0) is 30.4 Å². The van der Waals surface area contributed by atoms with Gasteiger partial charge in [0.05, 0.1) is 5.71 Å². The van der Waals surface area contributed by atoms with Gasteiger partial charge in [-0.25, -0.2) is 8.42 Å². The average Bonchev–Trinajstić information content (AvgIpc) is 2.95. The second-order valence-corrected chi connectivity index (χ2v) is 9.72. The number of benzene rings is 1. The predicted molar refractivity (Wildman–Crippen MR) is 94.4 cm³/mol. The Morgan fingerprint density at radius 2 is 2.04 bits per heavy atom. The first-order valence-electron chi connectivity index (χ1n) is 7.56. The van der Waals surface area contributed by atoms with Crippen molar-refractivity contribution in [2.75, 3.05) is 12.0 Å². The summed E-state index contributed by atoms with van der Waals surface area (Å²) in [5.74, 6) is -0.381. The summed E-state index contributed by atoms with van der Waals surface area (Å²) >= 11 is 1.74. The highest BCUT2D eigenvalue weighted by molar-refractivity contribution is 7.99. The molecule has 8 heteroatoms. The first-order chi connectivity index (χ1) is 11.2. The first-order valence-corrected chi connectivity index (χ1v) is 10.4. The quantitative estimate of drug-likeness (QED) is 0.741. The molecule has 24 heavy (non-hydrogen) atoms. The van der Waals surface area contributed by atoms with E-state index in [0.717, 1.165) is 22.5 Å². The summed E-state index contributed by atoms with van der Waals surface area (Å²) in [7, 11) is -3.78. The number of nitrogens with zero attached hydrogens (tertiary/aromatic N) is 1. The van der Waals surface area contributed by atoms with Gasteiger partial charge in [0, 0.05) is 24.0 Å². The number of hydrogen-bond donors (Lipinski definition) is 1. The minimum absolute atomic E-state index is 0.141. The van der Waals surface area contributed by atoms with Crippen molar-refractivity contribution in [1.82, 2.24) is 0 Å². The molecule has 0 radical (unpaired) electrons. The van der Waals surface area contributed by atoms with Crippen molar-refractivity contribution in [3.8, 4) is 0 Å². The van der Waals surface area contributed by atoms with E-state index in [1.54, 1.807) is 11.8 Å². The zero-order valence-electron chi connectivity index (χ0n) is 13.9. The highest BCUT2D eigenvalue weighted by Crippen LogP contribution is 2.29. The van der Waals surface area contributed by atoms with Crippen LogP contribution in [-0.4, -0.2) is 48.1 Å². The van der Waals surface area contributed by atoms with Crippen LogP contribution in [0.4, 0.5) is 0 Å². The van der Waals surface area contributed by atoms with Crippen LogP contribution in [0.3, 0.4) is 0 Å². The fraction of sp³-hybridized carbons (Fsp3) is 0.500. The van der Waals surface area contributed by atoms with Crippen molar-refractivity contribution < 1.29 is 23.2 Å². The number of rotatable bonds is 7. The van der Waals surface area contributed by atoms with Crippen LogP contribution in [0.25, 0.3) is 0 Å². The van der Waals surface area contributed by atoms with Crippen molar-refractivity contribution in [3.63, 3.8) is 0 Å². The van der Waals surface area contributed by atoms with E-state index >= 15 is 0 Å². The molecule has 0 aromatic heterocycles. The van der Waals surface area contributed by atoms with Crippen LogP contribution < -0.4 is 0 Å². The zero-order chi connectivity index (χ0) is 18.0. The molecule has 0 saturated carbocycles. The number of hydrogen-bond acceptors (Lipinski definition) is 6. The normalized spacial score (nSPS) is 20.1. The van der Waals surface area contributed by atoms with Crippen LogP contribution in [0.1, 0.15) is 32.3 Å². The van der Waals surface area contributed by atoms with E-state index in [9.17, 15) is 18.3 Å². The SMILES string of the molecule is CCSc1ccc(C2=NO[C@@H](C[C@](C)(C(=O)O)S(C)(=O)=O)C2)cc1. The average molecular weight is 371 g/mol. The number of carboxylic acids is 1. The van der Waals surface area contributed by atoms with Gasteiger partial charge in [-0.2, -0.15) is 0 Å². The van der Waals surface area contributed by atoms with Crippen molar-refractivity contribution >= 4 is 33.3 Å². The van der Waals surface area contributed by atoms with Gasteiger partial charge in [0.15, 0.2) is 14.6 Å². The zero-order valence-corrected chi connectivity index (χ0v) is 15.5. The van der Waals surface area contributed by atoms with Gasteiger partial charge in [-0.3, -0.25) is 4.79 Å². The Morgan fingerprint density at radius 1 is 1.42 bits per heavy atom. The van der Waals surface area contributed by atoms with Gasteiger partial charge in [-0.15, -0.1) is 11.8 Å². The van der Waals surface area contributed by atoms with Crippen LogP contribution in [0.2, 0.25) is 0 Å². The number of carboxylic acid groups (broad SMARTS) is 1. The molecule has 1 aliphatic rings. The van der Waals surface area contributed by atoms with E-state index in [4.69, 9.17) is 4.84 Å². The molecule has 0 aliphatic carbocycles. The molecule has 0 fully saturated rings. The maximum absolute atomic E-state index is 11.9. The summed E-state index contributed by atoms with van der Waals surface area (Å²) < 4.78 is 21.8. The summed E-state index contributed by atoms with van der Waals surface area (Å²) in [6.45, 7) is 3.29. The predicted octanol–water partition coefficient (Wildman–Crippen LogP) is 2.57. The fourth-order valence-corrected chi connectivity index (χ4v) is 3.92. The van der Waals surface area contributed by atoms with Crippen LogP contribution in [0.15, 0.2) is 34.3 Å². The smallest absolute Gasteiger partial charge is 0.324 e. The number of oxime groups is 1. The van der Waals surface area contributed by atoms with Gasteiger partial charge >= 0.3 is 5.97 Å². The standard InChI is InChI=1S/C16H21NO5S2/c1-4-23-13-7-5-11(6-8-13)14-9-12(22-17-14)10-16(2,15(18)19)24(3,20)21/h5-8,12H,4,9-10H2,1-3H3,(H,18,19)/t12-,16-/m1/s1. The molecule has 0 bridgehead atoms. The number of aliphatic carboxylic acids is 1. The lowest BCUT2D eigenvalue weighted by atomic mass is 9.97. The highest BCUT2D eigenvalue weighted by Gasteiger charge is 2.47. The number of carbonyl (C=O) groups is 1. The molecule has 1 N–H and O–H groups in total. The van der Waals surface area contributed by atoms with Crippen molar-refractivity contribution in [1.29, 1.82) is 0 Å².